The maximum absolute atomic E-state index is 11.5. The third-order valence-corrected chi connectivity index (χ3v) is 2.22. The van der Waals surface area contributed by atoms with Gasteiger partial charge in [-0.15, -0.1) is 0 Å². The molecule has 0 atom stereocenters. The number of nitro benzene ring substituents is 1. The summed E-state index contributed by atoms with van der Waals surface area (Å²) in [7, 11) is 0. The van der Waals surface area contributed by atoms with Crippen LogP contribution in [-0.4, -0.2) is 16.5 Å². The van der Waals surface area contributed by atoms with Crippen molar-refractivity contribution in [1.29, 1.82) is 0 Å². The standard InChI is InChI=1S/C10H9N3O3/c1-7-6-10(14)12(11-7)8-4-2-3-5-9(8)13(15)16/h2-5H,6H2,1H3. The second kappa shape index (κ2) is 3.73. The number of benzene rings is 1. The Labute approximate surface area is 91.3 Å². The normalized spacial score (nSPS) is 15.2. The van der Waals surface area contributed by atoms with Gasteiger partial charge in [-0.05, 0) is 13.0 Å². The van der Waals surface area contributed by atoms with Crippen LogP contribution in [0.5, 0.6) is 0 Å². The third-order valence-electron chi connectivity index (χ3n) is 2.22. The molecule has 6 nitrogen and oxygen atoms in total. The summed E-state index contributed by atoms with van der Waals surface area (Å²) >= 11 is 0. The largest absolute Gasteiger partial charge is 0.295 e. The fourth-order valence-corrected chi connectivity index (χ4v) is 1.54. The summed E-state index contributed by atoms with van der Waals surface area (Å²) in [6.45, 7) is 1.71. The van der Waals surface area contributed by atoms with Gasteiger partial charge in [0.25, 0.3) is 11.6 Å². The molecule has 0 spiro atoms. The summed E-state index contributed by atoms with van der Waals surface area (Å²) in [5, 5.41) is 15.9. The van der Waals surface area contributed by atoms with E-state index in [0.29, 0.717) is 5.71 Å². The molecule has 2 rings (SSSR count). The Morgan fingerprint density at radius 3 is 2.69 bits per heavy atom. The Bertz CT molecular complexity index is 496. The number of hydrazone groups is 1. The number of nitrogens with zero attached hydrogens (tertiary/aromatic N) is 3. The van der Waals surface area contributed by atoms with Gasteiger partial charge in [-0.3, -0.25) is 14.9 Å². The Kier molecular flexibility index (Phi) is 2.40. The second-order valence-corrected chi connectivity index (χ2v) is 3.46. The van der Waals surface area contributed by atoms with Gasteiger partial charge < -0.3 is 0 Å². The van der Waals surface area contributed by atoms with Gasteiger partial charge in [0.2, 0.25) is 0 Å². The second-order valence-electron chi connectivity index (χ2n) is 3.46. The lowest BCUT2D eigenvalue weighted by atomic mass is 10.2. The number of anilines is 1. The monoisotopic (exact) mass is 219 g/mol. The molecular formula is C10H9N3O3. The lowest BCUT2D eigenvalue weighted by Crippen LogP contribution is -2.20. The molecule has 0 aromatic heterocycles. The van der Waals surface area contributed by atoms with Crippen LogP contribution in [0, 0.1) is 10.1 Å². The number of para-hydroxylation sites is 2. The van der Waals surface area contributed by atoms with Crippen molar-refractivity contribution >= 4 is 23.0 Å². The van der Waals surface area contributed by atoms with Crippen LogP contribution in [0.2, 0.25) is 0 Å². The average molecular weight is 219 g/mol. The van der Waals surface area contributed by atoms with E-state index < -0.39 is 4.92 Å². The Hall–Kier alpha value is -2.24. The molecular weight excluding hydrogens is 210 g/mol. The number of rotatable bonds is 2. The topological polar surface area (TPSA) is 75.8 Å². The zero-order valence-corrected chi connectivity index (χ0v) is 8.58. The van der Waals surface area contributed by atoms with Gasteiger partial charge >= 0.3 is 0 Å². The molecule has 0 N–H and O–H groups in total. The molecule has 0 saturated carbocycles. The molecule has 16 heavy (non-hydrogen) atoms. The zero-order valence-electron chi connectivity index (χ0n) is 8.58. The van der Waals surface area contributed by atoms with Crippen LogP contribution in [0.15, 0.2) is 29.4 Å². The van der Waals surface area contributed by atoms with Crippen LogP contribution in [0.25, 0.3) is 0 Å². The van der Waals surface area contributed by atoms with E-state index in [0.717, 1.165) is 5.01 Å². The van der Waals surface area contributed by atoms with Crippen molar-refractivity contribution in [1.82, 2.24) is 0 Å². The first-order chi connectivity index (χ1) is 7.59. The number of nitro groups is 1. The van der Waals surface area contributed by atoms with Gasteiger partial charge in [0.15, 0.2) is 0 Å². The van der Waals surface area contributed by atoms with Crippen LogP contribution in [0.4, 0.5) is 11.4 Å². The van der Waals surface area contributed by atoms with Crippen LogP contribution < -0.4 is 5.01 Å². The highest BCUT2D eigenvalue weighted by Gasteiger charge is 2.28. The van der Waals surface area contributed by atoms with E-state index in [1.165, 1.54) is 12.1 Å². The molecule has 1 amide bonds. The summed E-state index contributed by atoms with van der Waals surface area (Å²) < 4.78 is 0. The number of carbonyl (C=O) groups excluding carboxylic acids is 1. The summed E-state index contributed by atoms with van der Waals surface area (Å²) in [6.07, 6.45) is 0.214. The lowest BCUT2D eigenvalue weighted by Gasteiger charge is -2.11. The van der Waals surface area contributed by atoms with Crippen molar-refractivity contribution in [3.05, 3.63) is 34.4 Å². The summed E-state index contributed by atoms with van der Waals surface area (Å²) in [6, 6.07) is 6.06. The quantitative estimate of drug-likeness (QED) is 0.561. The molecule has 0 aliphatic carbocycles. The fourth-order valence-electron chi connectivity index (χ4n) is 1.54. The molecule has 1 aliphatic heterocycles. The van der Waals surface area contributed by atoms with Crippen molar-refractivity contribution < 1.29 is 9.72 Å². The van der Waals surface area contributed by atoms with Crippen molar-refractivity contribution in [2.45, 2.75) is 13.3 Å². The number of amides is 1. The third kappa shape index (κ3) is 1.65. The van der Waals surface area contributed by atoms with E-state index >= 15 is 0 Å². The minimum Gasteiger partial charge on any atom is -0.272 e. The van der Waals surface area contributed by atoms with Gasteiger partial charge in [0.1, 0.15) is 5.69 Å². The summed E-state index contributed by atoms with van der Waals surface area (Å²) in [4.78, 5) is 21.8. The minimum atomic E-state index is -0.522. The zero-order chi connectivity index (χ0) is 11.7. The van der Waals surface area contributed by atoms with Crippen molar-refractivity contribution in [3.8, 4) is 0 Å². The maximum Gasteiger partial charge on any atom is 0.295 e. The first kappa shape index (κ1) is 10.3. The molecule has 1 aromatic carbocycles. The lowest BCUT2D eigenvalue weighted by molar-refractivity contribution is -0.384. The van der Waals surface area contributed by atoms with Crippen molar-refractivity contribution in [2.75, 3.05) is 5.01 Å². The Morgan fingerprint density at radius 1 is 1.44 bits per heavy atom. The van der Waals surface area contributed by atoms with E-state index in [9.17, 15) is 14.9 Å². The van der Waals surface area contributed by atoms with E-state index in [4.69, 9.17) is 0 Å². The SMILES string of the molecule is CC1=NN(c2ccccc2[N+](=O)[O-])C(=O)C1. The van der Waals surface area contributed by atoms with Crippen LogP contribution in [-0.2, 0) is 4.79 Å². The molecule has 0 radical (unpaired) electrons. The maximum atomic E-state index is 11.5. The van der Waals surface area contributed by atoms with E-state index in [1.807, 2.05) is 0 Å². The Balaban J connectivity index is 2.48. The van der Waals surface area contributed by atoms with Crippen LogP contribution in [0.3, 0.4) is 0 Å². The molecule has 0 unspecified atom stereocenters. The average Bonchev–Trinajstić information content (AvgIpc) is 2.57. The van der Waals surface area contributed by atoms with Gasteiger partial charge in [0.05, 0.1) is 11.3 Å². The predicted molar refractivity (Wildman–Crippen MR) is 58.3 cm³/mol. The van der Waals surface area contributed by atoms with Crippen molar-refractivity contribution in [2.24, 2.45) is 5.10 Å². The highest BCUT2D eigenvalue weighted by atomic mass is 16.6. The summed E-state index contributed by atoms with van der Waals surface area (Å²) in [5.74, 6) is -0.244. The fraction of sp³-hybridized carbons (Fsp3) is 0.200. The molecule has 6 heteroatoms. The number of carbonyl (C=O) groups is 1. The number of hydrogen-bond donors (Lipinski definition) is 0. The molecule has 0 bridgehead atoms. The Morgan fingerprint density at radius 2 is 2.12 bits per heavy atom. The molecule has 1 heterocycles. The molecule has 1 aromatic rings. The molecule has 1 aliphatic rings. The van der Waals surface area contributed by atoms with E-state index in [-0.39, 0.29) is 23.7 Å². The molecule has 0 saturated heterocycles. The van der Waals surface area contributed by atoms with Gasteiger partial charge in [-0.2, -0.15) is 10.1 Å². The minimum absolute atomic E-state index is 0.116. The molecule has 82 valence electrons. The van der Waals surface area contributed by atoms with Gasteiger partial charge in [-0.1, -0.05) is 12.1 Å². The van der Waals surface area contributed by atoms with E-state index in [2.05, 4.69) is 5.10 Å². The van der Waals surface area contributed by atoms with E-state index in [1.54, 1.807) is 19.1 Å². The first-order valence-corrected chi connectivity index (χ1v) is 4.70. The van der Waals surface area contributed by atoms with Gasteiger partial charge in [0, 0.05) is 11.8 Å². The van der Waals surface area contributed by atoms with Crippen LogP contribution >= 0.6 is 0 Å². The molecule has 0 fully saturated rings. The highest BCUT2D eigenvalue weighted by Crippen LogP contribution is 2.30. The first-order valence-electron chi connectivity index (χ1n) is 4.70. The smallest absolute Gasteiger partial charge is 0.272 e. The highest BCUT2D eigenvalue weighted by molar-refractivity contribution is 6.12. The van der Waals surface area contributed by atoms with Crippen molar-refractivity contribution in [3.63, 3.8) is 0 Å². The predicted octanol–water partition coefficient (Wildman–Crippen LogP) is 1.71. The van der Waals surface area contributed by atoms with Gasteiger partial charge in [-0.25, -0.2) is 0 Å². The van der Waals surface area contributed by atoms with Crippen LogP contribution in [0.1, 0.15) is 13.3 Å². The summed E-state index contributed by atoms with van der Waals surface area (Å²) in [5.41, 5.74) is 0.756. The number of hydrogen-bond acceptors (Lipinski definition) is 4.